The average molecular weight is 254 g/mol. The van der Waals surface area contributed by atoms with Gasteiger partial charge in [0.1, 0.15) is 12.6 Å². The Hall–Kier alpha value is -0.710. The van der Waals surface area contributed by atoms with E-state index in [1.807, 2.05) is 4.90 Å². The number of nitrogens with zero attached hydrogens (tertiary/aromatic N) is 2. The van der Waals surface area contributed by atoms with Crippen LogP contribution in [0.1, 0.15) is 32.1 Å². The summed E-state index contributed by atoms with van der Waals surface area (Å²) in [5.74, 6) is 1.83. The first-order valence-electron chi connectivity index (χ1n) is 6.45. The number of thioether (sulfide) groups is 1. The van der Waals surface area contributed by atoms with Crippen LogP contribution < -0.4 is 0 Å². The van der Waals surface area contributed by atoms with Crippen LogP contribution in [-0.4, -0.2) is 51.9 Å². The molecule has 1 unspecified atom stereocenters. The molecule has 2 amide bonds. The fourth-order valence-corrected chi connectivity index (χ4v) is 4.27. The van der Waals surface area contributed by atoms with Crippen LogP contribution >= 0.6 is 11.8 Å². The van der Waals surface area contributed by atoms with Gasteiger partial charge in [-0.05, 0) is 12.8 Å². The van der Waals surface area contributed by atoms with E-state index in [1.165, 1.54) is 19.3 Å². The van der Waals surface area contributed by atoms with Crippen LogP contribution in [0.2, 0.25) is 0 Å². The highest BCUT2D eigenvalue weighted by atomic mass is 32.2. The van der Waals surface area contributed by atoms with Crippen LogP contribution in [0.25, 0.3) is 0 Å². The Morgan fingerprint density at radius 3 is 2.59 bits per heavy atom. The van der Waals surface area contributed by atoms with E-state index in [9.17, 15) is 9.59 Å². The van der Waals surface area contributed by atoms with Crippen molar-refractivity contribution in [3.8, 4) is 0 Å². The first-order valence-corrected chi connectivity index (χ1v) is 7.60. The van der Waals surface area contributed by atoms with Crippen molar-refractivity contribution in [2.24, 2.45) is 0 Å². The predicted molar refractivity (Wildman–Crippen MR) is 66.5 cm³/mol. The van der Waals surface area contributed by atoms with Gasteiger partial charge in [-0.3, -0.25) is 9.59 Å². The van der Waals surface area contributed by atoms with Crippen LogP contribution in [-0.2, 0) is 9.59 Å². The Kier molecular flexibility index (Phi) is 3.03. The van der Waals surface area contributed by atoms with Crippen molar-refractivity contribution in [3.05, 3.63) is 0 Å². The quantitative estimate of drug-likeness (QED) is 0.702. The number of carbonyl (C=O) groups excluding carboxylic acids is 2. The van der Waals surface area contributed by atoms with Gasteiger partial charge in [-0.25, -0.2) is 0 Å². The van der Waals surface area contributed by atoms with Gasteiger partial charge in [0.25, 0.3) is 0 Å². The highest BCUT2D eigenvalue weighted by molar-refractivity contribution is 7.99. The fraction of sp³-hybridized carbons (Fsp3) is 0.833. The summed E-state index contributed by atoms with van der Waals surface area (Å²) in [5, 5.41) is 0. The van der Waals surface area contributed by atoms with Gasteiger partial charge >= 0.3 is 0 Å². The van der Waals surface area contributed by atoms with Gasteiger partial charge < -0.3 is 9.80 Å². The summed E-state index contributed by atoms with van der Waals surface area (Å²) in [6, 6.07) is 0.163. The van der Waals surface area contributed by atoms with E-state index in [-0.39, 0.29) is 17.9 Å². The highest BCUT2D eigenvalue weighted by Crippen LogP contribution is 2.30. The van der Waals surface area contributed by atoms with E-state index in [2.05, 4.69) is 0 Å². The molecule has 0 N–H and O–H groups in total. The van der Waals surface area contributed by atoms with E-state index in [0.717, 1.165) is 18.6 Å². The molecule has 94 valence electrons. The molecule has 17 heavy (non-hydrogen) atoms. The Labute approximate surface area is 106 Å². The number of amides is 2. The van der Waals surface area contributed by atoms with E-state index in [0.29, 0.717) is 18.5 Å². The number of fused-ring (bicyclic) bond motifs is 1. The van der Waals surface area contributed by atoms with Gasteiger partial charge in [-0.15, -0.1) is 11.8 Å². The molecule has 0 aromatic carbocycles. The Balaban J connectivity index is 1.76. The fourth-order valence-electron chi connectivity index (χ4n) is 3.10. The smallest absolute Gasteiger partial charge is 0.246 e. The maximum Gasteiger partial charge on any atom is 0.246 e. The molecule has 4 nitrogen and oxygen atoms in total. The third kappa shape index (κ3) is 1.94. The molecule has 0 radical (unpaired) electrons. The number of rotatable bonds is 1. The predicted octanol–water partition coefficient (Wildman–Crippen LogP) is 1.06. The molecular formula is C12H18N2O2S. The highest BCUT2D eigenvalue weighted by Gasteiger charge is 2.44. The maximum atomic E-state index is 12.4. The normalized spacial score (nSPS) is 30.9. The van der Waals surface area contributed by atoms with E-state index < -0.39 is 0 Å². The molecule has 2 heterocycles. The number of piperazine rings is 1. The summed E-state index contributed by atoms with van der Waals surface area (Å²) in [6.45, 7) is 0.320. The van der Waals surface area contributed by atoms with Crippen LogP contribution in [0.3, 0.4) is 0 Å². The minimum absolute atomic E-state index is 0.144. The molecule has 1 atom stereocenters. The first kappa shape index (κ1) is 11.4. The maximum absolute atomic E-state index is 12.4. The Morgan fingerprint density at radius 1 is 1.06 bits per heavy atom. The molecule has 5 heteroatoms. The third-order valence-corrected chi connectivity index (χ3v) is 5.10. The lowest BCUT2D eigenvalue weighted by Crippen LogP contribution is -2.60. The van der Waals surface area contributed by atoms with Crippen LogP contribution in [0.4, 0.5) is 0 Å². The number of hydrogen-bond donors (Lipinski definition) is 0. The van der Waals surface area contributed by atoms with Crippen molar-refractivity contribution in [2.45, 2.75) is 44.2 Å². The summed E-state index contributed by atoms with van der Waals surface area (Å²) >= 11 is 1.69. The SMILES string of the molecule is O=C1C2CSCN2C(=O)CN1C1CCCCC1. The molecule has 3 rings (SSSR count). The van der Waals surface area contributed by atoms with Crippen molar-refractivity contribution in [1.29, 1.82) is 0 Å². The lowest BCUT2D eigenvalue weighted by atomic mass is 9.93. The van der Waals surface area contributed by atoms with Gasteiger partial charge in [-0.2, -0.15) is 0 Å². The third-order valence-electron chi connectivity index (χ3n) is 4.09. The molecular weight excluding hydrogens is 236 g/mol. The Morgan fingerprint density at radius 2 is 1.82 bits per heavy atom. The van der Waals surface area contributed by atoms with Crippen LogP contribution in [0.15, 0.2) is 0 Å². The molecule has 0 bridgehead atoms. The molecule has 2 saturated heterocycles. The van der Waals surface area contributed by atoms with Crippen molar-refractivity contribution in [2.75, 3.05) is 18.2 Å². The van der Waals surface area contributed by atoms with Crippen LogP contribution in [0.5, 0.6) is 0 Å². The largest absolute Gasteiger partial charge is 0.329 e. The minimum atomic E-state index is -0.164. The van der Waals surface area contributed by atoms with Crippen molar-refractivity contribution >= 4 is 23.6 Å². The van der Waals surface area contributed by atoms with Crippen molar-refractivity contribution in [3.63, 3.8) is 0 Å². The molecule has 3 aliphatic rings. The van der Waals surface area contributed by atoms with E-state index >= 15 is 0 Å². The summed E-state index contributed by atoms with van der Waals surface area (Å²) < 4.78 is 0. The second-order valence-corrected chi connectivity index (χ2v) is 6.14. The Bertz CT molecular complexity index is 341. The summed E-state index contributed by atoms with van der Waals surface area (Å²) in [5.41, 5.74) is 0. The molecule has 0 spiro atoms. The van der Waals surface area contributed by atoms with E-state index in [1.54, 1.807) is 16.7 Å². The topological polar surface area (TPSA) is 40.6 Å². The zero-order valence-corrected chi connectivity index (χ0v) is 10.7. The standard InChI is InChI=1S/C12H18N2O2S/c15-11-6-13(9-4-2-1-3-5-9)12(16)10-7-17-8-14(10)11/h9-10H,1-8H2. The minimum Gasteiger partial charge on any atom is -0.329 e. The second kappa shape index (κ2) is 4.52. The van der Waals surface area contributed by atoms with Gasteiger partial charge in [0.15, 0.2) is 0 Å². The molecule has 2 aliphatic heterocycles. The van der Waals surface area contributed by atoms with Crippen molar-refractivity contribution in [1.82, 2.24) is 9.80 Å². The monoisotopic (exact) mass is 254 g/mol. The van der Waals surface area contributed by atoms with Gasteiger partial charge in [0, 0.05) is 11.8 Å². The zero-order valence-electron chi connectivity index (χ0n) is 9.93. The molecule has 1 saturated carbocycles. The summed E-state index contributed by atoms with van der Waals surface area (Å²) in [6.07, 6.45) is 5.84. The van der Waals surface area contributed by atoms with Gasteiger partial charge in [-0.1, -0.05) is 19.3 Å². The average Bonchev–Trinajstić information content (AvgIpc) is 2.85. The lowest BCUT2D eigenvalue weighted by Gasteiger charge is -2.41. The van der Waals surface area contributed by atoms with Crippen molar-refractivity contribution < 1.29 is 9.59 Å². The lowest BCUT2D eigenvalue weighted by molar-refractivity contribution is -0.155. The summed E-state index contributed by atoms with van der Waals surface area (Å²) in [4.78, 5) is 28.0. The molecule has 3 fully saturated rings. The van der Waals surface area contributed by atoms with Gasteiger partial charge in [0.2, 0.25) is 11.8 Å². The zero-order chi connectivity index (χ0) is 11.8. The van der Waals surface area contributed by atoms with Crippen LogP contribution in [0, 0.1) is 0 Å². The summed E-state index contributed by atoms with van der Waals surface area (Å²) in [7, 11) is 0. The number of carbonyl (C=O) groups is 2. The van der Waals surface area contributed by atoms with E-state index in [4.69, 9.17) is 0 Å². The molecule has 0 aromatic rings. The first-order chi connectivity index (χ1) is 8.27. The number of hydrogen-bond acceptors (Lipinski definition) is 3. The molecule has 1 aliphatic carbocycles. The van der Waals surface area contributed by atoms with Gasteiger partial charge in [0.05, 0.1) is 5.88 Å². The second-order valence-electron chi connectivity index (χ2n) is 5.14. The molecule has 0 aromatic heterocycles.